The highest BCUT2D eigenvalue weighted by Gasteiger charge is 2.14. The monoisotopic (exact) mass is 284 g/mol. The fourth-order valence-electron chi connectivity index (χ4n) is 2.17. The normalized spacial score (nSPS) is 10.7. The fourth-order valence-corrected chi connectivity index (χ4v) is 2.17. The lowest BCUT2D eigenvalue weighted by molar-refractivity contribution is 0.408. The molecule has 0 amide bonds. The second-order valence-electron chi connectivity index (χ2n) is 4.55. The zero-order valence-electron chi connectivity index (χ0n) is 11.2. The smallest absolute Gasteiger partial charge is 0.204 e. The number of phenols is 2. The quantitative estimate of drug-likeness (QED) is 0.756. The van der Waals surface area contributed by atoms with Crippen LogP contribution in [0.5, 0.6) is 17.2 Å². The van der Waals surface area contributed by atoms with Crippen molar-refractivity contribution in [3.8, 4) is 28.4 Å². The highest BCUT2D eigenvalue weighted by molar-refractivity contribution is 5.88. The maximum absolute atomic E-state index is 12.5. The Labute approximate surface area is 119 Å². The SMILES string of the molecule is COc1cc(O)c2c(=O)c(-c3ccc(O)cc3)coc2c1. The van der Waals surface area contributed by atoms with E-state index in [9.17, 15) is 15.0 Å². The molecule has 0 saturated heterocycles. The molecular weight excluding hydrogens is 272 g/mol. The average Bonchev–Trinajstić information content (AvgIpc) is 2.48. The fraction of sp³-hybridized carbons (Fsp3) is 0.0625. The van der Waals surface area contributed by atoms with Crippen molar-refractivity contribution in [2.45, 2.75) is 0 Å². The summed E-state index contributed by atoms with van der Waals surface area (Å²) in [6, 6.07) is 9.07. The average molecular weight is 284 g/mol. The molecule has 0 aliphatic rings. The summed E-state index contributed by atoms with van der Waals surface area (Å²) in [5, 5.41) is 19.4. The molecule has 0 bridgehead atoms. The lowest BCUT2D eigenvalue weighted by atomic mass is 10.0. The Bertz CT molecular complexity index is 862. The lowest BCUT2D eigenvalue weighted by Gasteiger charge is -2.06. The lowest BCUT2D eigenvalue weighted by Crippen LogP contribution is -2.05. The van der Waals surface area contributed by atoms with Crippen molar-refractivity contribution in [1.29, 1.82) is 0 Å². The summed E-state index contributed by atoms with van der Waals surface area (Å²) >= 11 is 0. The van der Waals surface area contributed by atoms with Crippen LogP contribution < -0.4 is 10.2 Å². The highest BCUT2D eigenvalue weighted by atomic mass is 16.5. The van der Waals surface area contributed by atoms with Crippen LogP contribution >= 0.6 is 0 Å². The summed E-state index contributed by atoms with van der Waals surface area (Å²) in [6.07, 6.45) is 1.33. The molecule has 5 nitrogen and oxygen atoms in total. The number of hydrogen-bond acceptors (Lipinski definition) is 5. The van der Waals surface area contributed by atoms with Gasteiger partial charge < -0.3 is 19.4 Å². The van der Waals surface area contributed by atoms with Gasteiger partial charge in [-0.15, -0.1) is 0 Å². The topological polar surface area (TPSA) is 79.9 Å². The summed E-state index contributed by atoms with van der Waals surface area (Å²) in [5.41, 5.74) is 0.808. The van der Waals surface area contributed by atoms with Crippen LogP contribution in [0, 0.1) is 0 Å². The molecule has 0 aliphatic heterocycles. The van der Waals surface area contributed by atoms with E-state index in [1.165, 1.54) is 37.6 Å². The Kier molecular flexibility index (Phi) is 3.02. The van der Waals surface area contributed by atoms with Gasteiger partial charge >= 0.3 is 0 Å². The van der Waals surface area contributed by atoms with Crippen molar-refractivity contribution in [1.82, 2.24) is 0 Å². The van der Waals surface area contributed by atoms with Gasteiger partial charge in [-0.05, 0) is 17.7 Å². The Morgan fingerprint density at radius 1 is 1.10 bits per heavy atom. The number of methoxy groups -OCH3 is 1. The summed E-state index contributed by atoms with van der Waals surface area (Å²) in [4.78, 5) is 12.5. The Balaban J connectivity index is 2.28. The minimum atomic E-state index is -0.345. The van der Waals surface area contributed by atoms with Crippen molar-refractivity contribution >= 4 is 11.0 Å². The van der Waals surface area contributed by atoms with E-state index >= 15 is 0 Å². The van der Waals surface area contributed by atoms with Crippen LogP contribution in [0.2, 0.25) is 0 Å². The van der Waals surface area contributed by atoms with E-state index in [1.54, 1.807) is 12.1 Å². The van der Waals surface area contributed by atoms with Crippen molar-refractivity contribution in [3.05, 3.63) is 52.9 Å². The molecule has 1 aromatic heterocycles. The third-order valence-corrected chi connectivity index (χ3v) is 3.24. The van der Waals surface area contributed by atoms with E-state index in [1.807, 2.05) is 0 Å². The summed E-state index contributed by atoms with van der Waals surface area (Å²) in [6.45, 7) is 0. The van der Waals surface area contributed by atoms with Gasteiger partial charge in [0.15, 0.2) is 0 Å². The molecule has 0 saturated carbocycles. The van der Waals surface area contributed by atoms with Gasteiger partial charge in [0.1, 0.15) is 34.5 Å². The third-order valence-electron chi connectivity index (χ3n) is 3.24. The molecule has 2 aromatic carbocycles. The first-order chi connectivity index (χ1) is 10.1. The van der Waals surface area contributed by atoms with Gasteiger partial charge in [-0.3, -0.25) is 4.79 Å². The van der Waals surface area contributed by atoms with Crippen LogP contribution in [0.4, 0.5) is 0 Å². The molecule has 2 N–H and O–H groups in total. The first-order valence-electron chi connectivity index (χ1n) is 6.22. The van der Waals surface area contributed by atoms with Crippen molar-refractivity contribution in [2.75, 3.05) is 7.11 Å². The Morgan fingerprint density at radius 3 is 2.48 bits per heavy atom. The summed E-state index contributed by atoms with van der Waals surface area (Å²) in [7, 11) is 1.46. The highest BCUT2D eigenvalue weighted by Crippen LogP contribution is 2.30. The summed E-state index contributed by atoms with van der Waals surface area (Å²) in [5.74, 6) is 0.316. The van der Waals surface area contributed by atoms with Crippen LogP contribution in [0.25, 0.3) is 22.1 Å². The van der Waals surface area contributed by atoms with Gasteiger partial charge in [0, 0.05) is 12.1 Å². The number of ether oxygens (including phenoxy) is 1. The van der Waals surface area contributed by atoms with Crippen molar-refractivity contribution < 1.29 is 19.4 Å². The molecule has 0 radical (unpaired) electrons. The molecule has 21 heavy (non-hydrogen) atoms. The molecule has 3 aromatic rings. The van der Waals surface area contributed by atoms with Crippen LogP contribution in [0.1, 0.15) is 0 Å². The zero-order valence-corrected chi connectivity index (χ0v) is 11.2. The molecule has 1 heterocycles. The van der Waals surface area contributed by atoms with Gasteiger partial charge in [0.2, 0.25) is 5.43 Å². The van der Waals surface area contributed by atoms with Gasteiger partial charge in [-0.2, -0.15) is 0 Å². The van der Waals surface area contributed by atoms with Crippen LogP contribution in [0.15, 0.2) is 51.9 Å². The molecule has 3 rings (SSSR count). The number of phenolic OH excluding ortho intramolecular Hbond substituents is 2. The Morgan fingerprint density at radius 2 is 1.81 bits per heavy atom. The van der Waals surface area contributed by atoms with Crippen LogP contribution in [-0.2, 0) is 0 Å². The number of fused-ring (bicyclic) bond motifs is 1. The van der Waals surface area contributed by atoms with E-state index < -0.39 is 0 Å². The van der Waals surface area contributed by atoms with Gasteiger partial charge in [0.25, 0.3) is 0 Å². The minimum Gasteiger partial charge on any atom is -0.508 e. The van der Waals surface area contributed by atoms with Gasteiger partial charge in [0.05, 0.1) is 12.7 Å². The molecule has 0 atom stereocenters. The van der Waals surface area contributed by atoms with E-state index in [0.29, 0.717) is 16.9 Å². The molecule has 0 unspecified atom stereocenters. The largest absolute Gasteiger partial charge is 0.508 e. The first-order valence-corrected chi connectivity index (χ1v) is 6.22. The Hall–Kier alpha value is -2.95. The number of hydrogen-bond donors (Lipinski definition) is 2. The summed E-state index contributed by atoms with van der Waals surface area (Å²) < 4.78 is 10.5. The zero-order chi connectivity index (χ0) is 15.0. The number of rotatable bonds is 2. The number of aromatic hydroxyl groups is 2. The van der Waals surface area contributed by atoms with E-state index in [-0.39, 0.29) is 27.9 Å². The standard InChI is InChI=1S/C16H12O5/c1-20-11-6-13(18)15-14(7-11)21-8-12(16(15)19)9-2-4-10(17)5-3-9/h2-8,17-18H,1H3. The van der Waals surface area contributed by atoms with E-state index in [2.05, 4.69) is 0 Å². The maximum atomic E-state index is 12.5. The number of benzene rings is 2. The van der Waals surface area contributed by atoms with E-state index in [0.717, 1.165) is 0 Å². The minimum absolute atomic E-state index is 0.0985. The molecular formula is C16H12O5. The molecule has 0 fully saturated rings. The third kappa shape index (κ3) is 2.18. The van der Waals surface area contributed by atoms with Gasteiger partial charge in [-0.25, -0.2) is 0 Å². The second kappa shape index (κ2) is 4.86. The predicted molar refractivity (Wildman–Crippen MR) is 77.8 cm³/mol. The first kappa shape index (κ1) is 13.1. The molecule has 106 valence electrons. The van der Waals surface area contributed by atoms with Crippen LogP contribution in [0.3, 0.4) is 0 Å². The second-order valence-corrected chi connectivity index (χ2v) is 4.55. The van der Waals surface area contributed by atoms with Crippen molar-refractivity contribution in [2.24, 2.45) is 0 Å². The van der Waals surface area contributed by atoms with E-state index in [4.69, 9.17) is 9.15 Å². The molecule has 0 spiro atoms. The predicted octanol–water partition coefficient (Wildman–Crippen LogP) is 2.88. The van der Waals surface area contributed by atoms with Crippen molar-refractivity contribution in [3.63, 3.8) is 0 Å². The molecule has 5 heteroatoms. The van der Waals surface area contributed by atoms with Gasteiger partial charge in [-0.1, -0.05) is 12.1 Å². The molecule has 0 aliphatic carbocycles. The van der Waals surface area contributed by atoms with Crippen LogP contribution in [-0.4, -0.2) is 17.3 Å². The maximum Gasteiger partial charge on any atom is 0.204 e.